The van der Waals surface area contributed by atoms with Gasteiger partial charge in [0.2, 0.25) is 5.91 Å². The fraction of sp³-hybridized carbons (Fsp3) is 0.227. The number of nitrogens with one attached hydrogen (secondary N) is 1. The average molecular weight is 441 g/mol. The van der Waals surface area contributed by atoms with Gasteiger partial charge in [-0.2, -0.15) is 0 Å². The Labute approximate surface area is 182 Å². The van der Waals surface area contributed by atoms with Gasteiger partial charge in [0.25, 0.3) is 5.56 Å². The van der Waals surface area contributed by atoms with Gasteiger partial charge in [-0.1, -0.05) is 17.7 Å². The van der Waals surface area contributed by atoms with Crippen LogP contribution in [0.15, 0.2) is 52.9 Å². The Morgan fingerprint density at radius 1 is 1.20 bits per heavy atom. The standard InChI is InChI=1S/C22H21ClN4O2S/c1-14-15(2)27(17-7-5-16(23)6-8-17)21-20(14)22(29)26(13-25-21)12-19(28)24-10-9-18-4-3-11-30-18/h3-8,11,13H,9-10,12H2,1-2H3,(H,24,28). The minimum Gasteiger partial charge on any atom is -0.354 e. The lowest BCUT2D eigenvalue weighted by atomic mass is 10.2. The molecule has 0 aliphatic carbocycles. The highest BCUT2D eigenvalue weighted by molar-refractivity contribution is 7.09. The molecule has 1 N–H and O–H groups in total. The van der Waals surface area contributed by atoms with Gasteiger partial charge in [-0.05, 0) is 61.5 Å². The molecule has 0 bridgehead atoms. The number of benzene rings is 1. The van der Waals surface area contributed by atoms with E-state index < -0.39 is 0 Å². The predicted octanol–water partition coefficient (Wildman–Crippen LogP) is 3.88. The van der Waals surface area contributed by atoms with Crippen molar-refractivity contribution in [2.24, 2.45) is 0 Å². The van der Waals surface area contributed by atoms with E-state index in [0.717, 1.165) is 23.4 Å². The number of hydrogen-bond acceptors (Lipinski definition) is 4. The average Bonchev–Trinajstić information content (AvgIpc) is 3.32. The molecular weight excluding hydrogens is 420 g/mol. The van der Waals surface area contributed by atoms with Crippen molar-refractivity contribution in [3.8, 4) is 5.69 Å². The topological polar surface area (TPSA) is 68.9 Å². The Balaban J connectivity index is 1.59. The molecule has 0 spiro atoms. The van der Waals surface area contributed by atoms with Crippen LogP contribution in [0.3, 0.4) is 0 Å². The van der Waals surface area contributed by atoms with Gasteiger partial charge in [-0.25, -0.2) is 4.98 Å². The van der Waals surface area contributed by atoms with Gasteiger partial charge < -0.3 is 5.32 Å². The van der Waals surface area contributed by atoms with E-state index in [1.54, 1.807) is 23.5 Å². The summed E-state index contributed by atoms with van der Waals surface area (Å²) in [5.41, 5.74) is 3.01. The number of rotatable bonds is 6. The molecule has 1 aromatic carbocycles. The summed E-state index contributed by atoms with van der Waals surface area (Å²) in [6, 6.07) is 11.4. The Morgan fingerprint density at radius 2 is 1.97 bits per heavy atom. The van der Waals surface area contributed by atoms with Crippen molar-refractivity contribution in [1.29, 1.82) is 0 Å². The summed E-state index contributed by atoms with van der Waals surface area (Å²) in [6.45, 7) is 4.33. The predicted molar refractivity (Wildman–Crippen MR) is 121 cm³/mol. The van der Waals surface area contributed by atoms with Crippen LogP contribution in [-0.4, -0.2) is 26.6 Å². The number of aromatic nitrogens is 3. The van der Waals surface area contributed by atoms with Gasteiger partial charge in [0.1, 0.15) is 12.9 Å². The van der Waals surface area contributed by atoms with E-state index in [4.69, 9.17) is 11.6 Å². The number of carbonyl (C=O) groups excluding carboxylic acids is 1. The second-order valence-electron chi connectivity index (χ2n) is 7.08. The summed E-state index contributed by atoms with van der Waals surface area (Å²) in [6.07, 6.45) is 2.21. The minimum absolute atomic E-state index is 0.0587. The molecule has 3 heterocycles. The van der Waals surface area contributed by atoms with Crippen LogP contribution < -0.4 is 10.9 Å². The molecule has 6 nitrogen and oxygen atoms in total. The molecular formula is C22H21ClN4O2S. The first-order valence-corrected chi connectivity index (χ1v) is 10.8. The number of fused-ring (bicyclic) bond motifs is 1. The first-order valence-electron chi connectivity index (χ1n) is 9.58. The van der Waals surface area contributed by atoms with Gasteiger partial charge >= 0.3 is 0 Å². The number of nitrogens with zero attached hydrogens (tertiary/aromatic N) is 3. The van der Waals surface area contributed by atoms with Crippen molar-refractivity contribution < 1.29 is 4.79 Å². The van der Waals surface area contributed by atoms with Crippen LogP contribution in [-0.2, 0) is 17.8 Å². The van der Waals surface area contributed by atoms with Crippen LogP contribution in [0.25, 0.3) is 16.7 Å². The van der Waals surface area contributed by atoms with Crippen LogP contribution in [0.1, 0.15) is 16.1 Å². The highest BCUT2D eigenvalue weighted by Gasteiger charge is 2.18. The molecule has 0 fully saturated rings. The van der Waals surface area contributed by atoms with Crippen LogP contribution in [0.4, 0.5) is 0 Å². The Morgan fingerprint density at radius 3 is 2.67 bits per heavy atom. The molecule has 3 aromatic heterocycles. The van der Waals surface area contributed by atoms with E-state index in [1.165, 1.54) is 15.8 Å². The van der Waals surface area contributed by atoms with E-state index in [2.05, 4.69) is 10.3 Å². The number of amides is 1. The second kappa shape index (κ2) is 8.45. The summed E-state index contributed by atoms with van der Waals surface area (Å²) < 4.78 is 3.30. The first kappa shape index (κ1) is 20.4. The zero-order chi connectivity index (χ0) is 21.3. The highest BCUT2D eigenvalue weighted by atomic mass is 35.5. The zero-order valence-electron chi connectivity index (χ0n) is 16.7. The van der Waals surface area contributed by atoms with Crippen molar-refractivity contribution in [2.45, 2.75) is 26.8 Å². The maximum absolute atomic E-state index is 13.1. The third kappa shape index (κ3) is 3.91. The van der Waals surface area contributed by atoms with E-state index in [-0.39, 0.29) is 18.0 Å². The molecule has 4 aromatic rings. The summed E-state index contributed by atoms with van der Waals surface area (Å²) in [5, 5.41) is 6.05. The lowest BCUT2D eigenvalue weighted by Crippen LogP contribution is -2.33. The molecule has 0 aliphatic rings. The van der Waals surface area contributed by atoms with E-state index in [1.807, 2.05) is 48.1 Å². The van der Waals surface area contributed by atoms with Gasteiger partial charge in [0, 0.05) is 27.8 Å². The molecule has 1 amide bonds. The zero-order valence-corrected chi connectivity index (χ0v) is 18.3. The van der Waals surface area contributed by atoms with Gasteiger partial charge in [-0.15, -0.1) is 11.3 Å². The Bertz CT molecular complexity index is 1260. The Kier molecular flexibility index (Phi) is 5.74. The maximum atomic E-state index is 13.1. The molecule has 0 radical (unpaired) electrons. The SMILES string of the molecule is Cc1c(C)n(-c2ccc(Cl)cc2)c2ncn(CC(=O)NCCc3cccs3)c(=O)c12. The lowest BCUT2D eigenvalue weighted by molar-refractivity contribution is -0.121. The van der Waals surface area contributed by atoms with Crippen molar-refractivity contribution in [1.82, 2.24) is 19.4 Å². The molecule has 8 heteroatoms. The number of hydrogen-bond donors (Lipinski definition) is 1. The molecule has 0 saturated carbocycles. The van der Waals surface area contributed by atoms with Crippen LogP contribution >= 0.6 is 22.9 Å². The lowest BCUT2D eigenvalue weighted by Gasteiger charge is -2.09. The van der Waals surface area contributed by atoms with Gasteiger partial charge in [-0.3, -0.25) is 18.7 Å². The summed E-state index contributed by atoms with van der Waals surface area (Å²) in [5.74, 6) is -0.207. The van der Waals surface area contributed by atoms with Crippen LogP contribution in [0.5, 0.6) is 0 Å². The number of aryl methyl sites for hydroxylation is 1. The highest BCUT2D eigenvalue weighted by Crippen LogP contribution is 2.25. The second-order valence-corrected chi connectivity index (χ2v) is 8.55. The number of thiophene rings is 1. The molecule has 0 aliphatic heterocycles. The first-order chi connectivity index (χ1) is 14.5. The van der Waals surface area contributed by atoms with Gasteiger partial charge in [0.15, 0.2) is 5.65 Å². The third-order valence-electron chi connectivity index (χ3n) is 5.16. The maximum Gasteiger partial charge on any atom is 0.263 e. The van der Waals surface area contributed by atoms with E-state index >= 15 is 0 Å². The van der Waals surface area contributed by atoms with Crippen molar-refractivity contribution in [2.75, 3.05) is 6.54 Å². The fourth-order valence-corrected chi connectivity index (χ4v) is 4.33. The molecule has 0 atom stereocenters. The third-order valence-corrected chi connectivity index (χ3v) is 6.34. The Hall–Kier alpha value is -2.90. The quantitative estimate of drug-likeness (QED) is 0.494. The minimum atomic E-state index is -0.221. The molecule has 0 unspecified atom stereocenters. The van der Waals surface area contributed by atoms with Crippen LogP contribution in [0.2, 0.25) is 5.02 Å². The monoisotopic (exact) mass is 440 g/mol. The smallest absolute Gasteiger partial charge is 0.263 e. The largest absolute Gasteiger partial charge is 0.354 e. The summed E-state index contributed by atoms with van der Waals surface area (Å²) in [7, 11) is 0. The molecule has 30 heavy (non-hydrogen) atoms. The van der Waals surface area contributed by atoms with E-state index in [9.17, 15) is 9.59 Å². The number of carbonyl (C=O) groups is 1. The van der Waals surface area contributed by atoms with Crippen molar-refractivity contribution in [3.63, 3.8) is 0 Å². The fourth-order valence-electron chi connectivity index (χ4n) is 3.50. The molecule has 0 saturated heterocycles. The molecule has 154 valence electrons. The normalized spacial score (nSPS) is 11.2. The summed E-state index contributed by atoms with van der Waals surface area (Å²) >= 11 is 7.67. The van der Waals surface area contributed by atoms with Gasteiger partial charge in [0.05, 0.1) is 5.39 Å². The summed E-state index contributed by atoms with van der Waals surface area (Å²) in [4.78, 5) is 31.2. The van der Waals surface area contributed by atoms with Crippen molar-refractivity contribution in [3.05, 3.63) is 79.6 Å². The van der Waals surface area contributed by atoms with E-state index in [0.29, 0.717) is 22.6 Å². The van der Waals surface area contributed by atoms with Crippen LogP contribution in [0, 0.1) is 13.8 Å². The molecule has 4 rings (SSSR count). The van der Waals surface area contributed by atoms with Crippen molar-refractivity contribution >= 4 is 39.9 Å². The number of halogens is 1.